The van der Waals surface area contributed by atoms with Crippen LogP contribution >= 0.6 is 11.6 Å². The monoisotopic (exact) mass is 375 g/mol. The summed E-state index contributed by atoms with van der Waals surface area (Å²) in [5.74, 6) is 0. The number of carbonyl (C=O) groups is 1. The van der Waals surface area contributed by atoms with Crippen molar-refractivity contribution in [3.05, 3.63) is 29.3 Å². The smallest absolute Gasteiger partial charge is 0.319 e. The van der Waals surface area contributed by atoms with Crippen molar-refractivity contribution in [3.8, 4) is 0 Å². The van der Waals surface area contributed by atoms with Crippen LogP contribution in [0.1, 0.15) is 12.8 Å². The van der Waals surface area contributed by atoms with Crippen molar-refractivity contribution in [1.82, 2.24) is 9.62 Å². The molecule has 0 spiro atoms. The molecule has 0 atom stereocenters. The fourth-order valence-electron chi connectivity index (χ4n) is 2.61. The summed E-state index contributed by atoms with van der Waals surface area (Å²) >= 11 is 5.86. The molecule has 7 nitrogen and oxygen atoms in total. The molecule has 1 aromatic carbocycles. The summed E-state index contributed by atoms with van der Waals surface area (Å²) in [6.07, 6.45) is 2.53. The molecule has 1 heterocycles. The van der Waals surface area contributed by atoms with Gasteiger partial charge in [-0.3, -0.25) is 0 Å². The topological polar surface area (TPSA) is 87.7 Å². The number of urea groups is 1. The molecule has 24 heavy (non-hydrogen) atoms. The Morgan fingerprint density at radius 3 is 2.71 bits per heavy atom. The molecule has 0 aliphatic carbocycles. The van der Waals surface area contributed by atoms with E-state index in [-0.39, 0.29) is 19.1 Å². The van der Waals surface area contributed by atoms with Crippen LogP contribution in [0.3, 0.4) is 0 Å². The van der Waals surface area contributed by atoms with E-state index in [1.54, 1.807) is 24.3 Å². The number of carbonyl (C=O) groups excluding carboxylic acids is 1. The van der Waals surface area contributed by atoms with Crippen molar-refractivity contribution in [1.29, 1.82) is 0 Å². The van der Waals surface area contributed by atoms with Gasteiger partial charge in [-0.1, -0.05) is 17.7 Å². The van der Waals surface area contributed by atoms with Gasteiger partial charge < -0.3 is 15.4 Å². The highest BCUT2D eigenvalue weighted by atomic mass is 35.5. The highest BCUT2D eigenvalue weighted by Gasteiger charge is 2.28. The van der Waals surface area contributed by atoms with E-state index in [2.05, 4.69) is 10.6 Å². The number of rotatable bonds is 6. The van der Waals surface area contributed by atoms with Gasteiger partial charge in [0.2, 0.25) is 10.0 Å². The van der Waals surface area contributed by atoms with E-state index in [4.69, 9.17) is 16.3 Å². The maximum Gasteiger partial charge on any atom is 0.319 e. The van der Waals surface area contributed by atoms with Gasteiger partial charge in [-0.25, -0.2) is 13.2 Å². The fraction of sp³-hybridized carbons (Fsp3) is 0.533. The number of sulfonamides is 1. The van der Waals surface area contributed by atoms with Crippen molar-refractivity contribution < 1.29 is 17.9 Å². The molecule has 0 saturated carbocycles. The SMILES string of the molecule is CS(=O)(=O)N(CCNC(=O)Nc1cccc(Cl)c1)C1CCOCC1. The van der Waals surface area contributed by atoms with Crippen molar-refractivity contribution >= 4 is 33.3 Å². The number of benzene rings is 1. The standard InChI is InChI=1S/C15H22ClN3O4S/c1-24(21,22)19(14-5-9-23-10-6-14)8-7-17-15(20)18-13-4-2-3-12(16)11-13/h2-4,11,14H,5-10H2,1H3,(H2,17,18,20). The van der Waals surface area contributed by atoms with E-state index in [1.165, 1.54) is 10.6 Å². The van der Waals surface area contributed by atoms with E-state index in [0.29, 0.717) is 36.8 Å². The van der Waals surface area contributed by atoms with Crippen molar-refractivity contribution in [2.45, 2.75) is 18.9 Å². The Kier molecular flexibility index (Phi) is 6.85. The number of halogens is 1. The van der Waals surface area contributed by atoms with Gasteiger partial charge in [-0.05, 0) is 31.0 Å². The summed E-state index contributed by atoms with van der Waals surface area (Å²) < 4.78 is 30.7. The van der Waals surface area contributed by atoms with Crippen LogP contribution in [0.5, 0.6) is 0 Å². The van der Waals surface area contributed by atoms with Crippen LogP contribution in [-0.4, -0.2) is 57.4 Å². The summed E-state index contributed by atoms with van der Waals surface area (Å²) in [6.45, 7) is 1.56. The molecule has 134 valence electrons. The zero-order valence-electron chi connectivity index (χ0n) is 13.5. The lowest BCUT2D eigenvalue weighted by molar-refractivity contribution is 0.0589. The van der Waals surface area contributed by atoms with Gasteiger partial charge in [0.15, 0.2) is 0 Å². The van der Waals surface area contributed by atoms with E-state index >= 15 is 0 Å². The molecule has 1 fully saturated rings. The Morgan fingerprint density at radius 2 is 2.08 bits per heavy atom. The highest BCUT2D eigenvalue weighted by Crippen LogP contribution is 2.17. The second-order valence-corrected chi connectivity index (χ2v) is 7.98. The Hall–Kier alpha value is -1.35. The Bertz CT molecular complexity index is 662. The van der Waals surface area contributed by atoms with Gasteiger partial charge in [0.1, 0.15) is 0 Å². The predicted molar refractivity (Wildman–Crippen MR) is 93.9 cm³/mol. The Labute approximate surface area is 147 Å². The molecular formula is C15H22ClN3O4S. The summed E-state index contributed by atoms with van der Waals surface area (Å²) in [5.41, 5.74) is 0.574. The average Bonchev–Trinajstić information content (AvgIpc) is 2.51. The van der Waals surface area contributed by atoms with Crippen LogP contribution in [0.15, 0.2) is 24.3 Å². The van der Waals surface area contributed by atoms with Gasteiger partial charge in [-0.15, -0.1) is 0 Å². The molecule has 2 rings (SSSR count). The quantitative estimate of drug-likeness (QED) is 0.794. The predicted octanol–water partition coefficient (Wildman–Crippen LogP) is 1.90. The maximum atomic E-state index is 12.0. The number of ether oxygens (including phenoxy) is 1. The number of nitrogens with zero attached hydrogens (tertiary/aromatic N) is 1. The molecule has 1 aliphatic heterocycles. The van der Waals surface area contributed by atoms with Crippen LogP contribution in [-0.2, 0) is 14.8 Å². The van der Waals surface area contributed by atoms with E-state index in [1.807, 2.05) is 0 Å². The molecule has 9 heteroatoms. The third-order valence-electron chi connectivity index (χ3n) is 3.72. The number of anilines is 1. The molecular weight excluding hydrogens is 354 g/mol. The first-order chi connectivity index (χ1) is 11.4. The van der Waals surface area contributed by atoms with Crippen molar-refractivity contribution in [2.75, 3.05) is 37.9 Å². The number of hydrogen-bond donors (Lipinski definition) is 2. The average molecular weight is 376 g/mol. The van der Waals surface area contributed by atoms with Crippen molar-refractivity contribution in [3.63, 3.8) is 0 Å². The highest BCUT2D eigenvalue weighted by molar-refractivity contribution is 7.88. The minimum Gasteiger partial charge on any atom is -0.381 e. The van der Waals surface area contributed by atoms with E-state index < -0.39 is 16.1 Å². The van der Waals surface area contributed by atoms with Gasteiger partial charge in [0.25, 0.3) is 0 Å². The molecule has 2 N–H and O–H groups in total. The molecule has 1 aliphatic rings. The normalized spacial score (nSPS) is 16.1. The van der Waals surface area contributed by atoms with E-state index in [0.717, 1.165) is 0 Å². The molecule has 2 amide bonds. The van der Waals surface area contributed by atoms with Crippen LogP contribution in [0, 0.1) is 0 Å². The van der Waals surface area contributed by atoms with Crippen LogP contribution in [0.25, 0.3) is 0 Å². The van der Waals surface area contributed by atoms with E-state index in [9.17, 15) is 13.2 Å². The number of nitrogens with one attached hydrogen (secondary N) is 2. The Morgan fingerprint density at radius 1 is 1.38 bits per heavy atom. The first-order valence-corrected chi connectivity index (χ1v) is 9.94. The lowest BCUT2D eigenvalue weighted by Gasteiger charge is -2.32. The third-order valence-corrected chi connectivity index (χ3v) is 5.29. The zero-order chi connectivity index (χ0) is 17.6. The lowest BCUT2D eigenvalue weighted by atomic mass is 10.1. The van der Waals surface area contributed by atoms with Gasteiger partial charge in [-0.2, -0.15) is 4.31 Å². The fourth-order valence-corrected chi connectivity index (χ4v) is 3.98. The zero-order valence-corrected chi connectivity index (χ0v) is 15.1. The molecule has 1 aromatic rings. The third kappa shape index (κ3) is 5.94. The summed E-state index contributed by atoms with van der Waals surface area (Å²) in [6, 6.07) is 6.31. The second kappa shape index (κ2) is 8.66. The van der Waals surface area contributed by atoms with Gasteiger partial charge in [0.05, 0.1) is 6.26 Å². The van der Waals surface area contributed by atoms with Crippen LogP contribution < -0.4 is 10.6 Å². The maximum absolute atomic E-state index is 12.0. The minimum absolute atomic E-state index is 0.0773. The first-order valence-electron chi connectivity index (χ1n) is 7.71. The molecule has 0 unspecified atom stereocenters. The minimum atomic E-state index is -3.34. The second-order valence-electron chi connectivity index (χ2n) is 5.61. The van der Waals surface area contributed by atoms with Gasteiger partial charge in [0, 0.05) is 43.1 Å². The number of amides is 2. The Balaban J connectivity index is 1.84. The molecule has 0 radical (unpaired) electrons. The van der Waals surface area contributed by atoms with Crippen molar-refractivity contribution in [2.24, 2.45) is 0 Å². The summed E-state index contributed by atoms with van der Waals surface area (Å²) in [7, 11) is -3.34. The molecule has 0 aromatic heterocycles. The van der Waals surface area contributed by atoms with Crippen LogP contribution in [0.4, 0.5) is 10.5 Å². The van der Waals surface area contributed by atoms with Crippen LogP contribution in [0.2, 0.25) is 5.02 Å². The van der Waals surface area contributed by atoms with Gasteiger partial charge >= 0.3 is 6.03 Å². The first kappa shape index (κ1) is 19.0. The molecule has 0 bridgehead atoms. The summed E-state index contributed by atoms with van der Waals surface area (Å²) in [5, 5.41) is 5.84. The molecule has 1 saturated heterocycles. The number of hydrogen-bond acceptors (Lipinski definition) is 4. The summed E-state index contributed by atoms with van der Waals surface area (Å²) in [4.78, 5) is 11.9. The largest absolute Gasteiger partial charge is 0.381 e. The lowest BCUT2D eigenvalue weighted by Crippen LogP contribution is -2.46.